The van der Waals surface area contributed by atoms with Gasteiger partial charge in [-0.3, -0.25) is 19.4 Å². The van der Waals surface area contributed by atoms with Crippen LogP contribution in [0.4, 0.5) is 0 Å². The topological polar surface area (TPSA) is 118 Å². The third-order valence-corrected chi connectivity index (χ3v) is 9.43. The molecule has 1 aliphatic carbocycles. The van der Waals surface area contributed by atoms with E-state index in [4.69, 9.17) is 4.42 Å². The largest absolute Gasteiger partial charge is 0.460 e. The van der Waals surface area contributed by atoms with E-state index in [2.05, 4.69) is 26.5 Å². The maximum Gasteiger partial charge on any atom is 0.239 e. The van der Waals surface area contributed by atoms with Crippen molar-refractivity contribution in [3.63, 3.8) is 0 Å². The van der Waals surface area contributed by atoms with Gasteiger partial charge in [0.1, 0.15) is 17.4 Å². The lowest BCUT2D eigenvalue weighted by Gasteiger charge is -2.42. The van der Waals surface area contributed by atoms with Crippen LogP contribution in [0.15, 0.2) is 89.3 Å². The Hall–Kier alpha value is -4.02. The van der Waals surface area contributed by atoms with E-state index in [1.165, 1.54) is 0 Å². The predicted molar refractivity (Wildman–Crippen MR) is 186 cm³/mol. The molecule has 2 heterocycles. The molecule has 0 spiro atoms. The van der Waals surface area contributed by atoms with Crippen molar-refractivity contribution in [2.75, 3.05) is 26.2 Å². The molecule has 2 aliphatic rings. The lowest BCUT2D eigenvalue weighted by Crippen LogP contribution is -2.61. The molecule has 0 bridgehead atoms. The SMILES string of the molecule is CC(C)(C)NC(=O)C1CN(Cc2cc3ccccc3o2)CCN1C[C@@H](O)C[C@@H](Cc1ccccc1)C(=O)NC1c2ccccc2CC1O. The summed E-state index contributed by atoms with van der Waals surface area (Å²) in [5, 5.41) is 29.7. The molecule has 0 saturated carbocycles. The lowest BCUT2D eigenvalue weighted by atomic mass is 9.91. The maximum atomic E-state index is 13.9. The number of rotatable bonds is 11. The Morgan fingerprint density at radius 2 is 1.71 bits per heavy atom. The number of benzene rings is 3. The first-order chi connectivity index (χ1) is 23.0. The fraction of sp³-hybridized carbons (Fsp3) is 0.436. The molecule has 3 aromatic carbocycles. The van der Waals surface area contributed by atoms with Gasteiger partial charge in [-0.2, -0.15) is 0 Å². The fourth-order valence-electron chi connectivity index (χ4n) is 7.15. The number of aliphatic hydroxyl groups is 2. The molecule has 9 heteroatoms. The number of piperazine rings is 1. The second-order valence-corrected chi connectivity index (χ2v) is 14.5. The molecular formula is C39H48N4O5. The van der Waals surface area contributed by atoms with Gasteiger partial charge in [-0.1, -0.05) is 72.8 Å². The van der Waals surface area contributed by atoms with Crippen LogP contribution in [0, 0.1) is 5.92 Å². The number of aliphatic hydroxyl groups excluding tert-OH is 2. The molecule has 4 aromatic rings. The number of nitrogens with one attached hydrogen (secondary N) is 2. The maximum absolute atomic E-state index is 13.9. The Morgan fingerprint density at radius 1 is 0.979 bits per heavy atom. The van der Waals surface area contributed by atoms with Crippen LogP contribution >= 0.6 is 0 Å². The molecule has 48 heavy (non-hydrogen) atoms. The van der Waals surface area contributed by atoms with Crippen LogP contribution in [0.2, 0.25) is 0 Å². The van der Waals surface area contributed by atoms with Gasteiger partial charge in [-0.15, -0.1) is 0 Å². The van der Waals surface area contributed by atoms with Crippen molar-refractivity contribution >= 4 is 22.8 Å². The molecule has 3 unspecified atom stereocenters. The number of amides is 2. The van der Waals surface area contributed by atoms with Gasteiger partial charge in [-0.05, 0) is 62.4 Å². The summed E-state index contributed by atoms with van der Waals surface area (Å²) < 4.78 is 6.08. The van der Waals surface area contributed by atoms with E-state index in [9.17, 15) is 19.8 Å². The number of furan rings is 1. The number of carbonyl (C=O) groups excluding carboxylic acids is 2. The monoisotopic (exact) mass is 652 g/mol. The highest BCUT2D eigenvalue weighted by Crippen LogP contribution is 2.32. The first-order valence-electron chi connectivity index (χ1n) is 17.1. The van der Waals surface area contributed by atoms with Crippen molar-refractivity contribution < 1.29 is 24.2 Å². The van der Waals surface area contributed by atoms with E-state index in [-0.39, 0.29) is 24.8 Å². The predicted octanol–water partition coefficient (Wildman–Crippen LogP) is 4.22. The van der Waals surface area contributed by atoms with E-state index in [1.807, 2.05) is 99.6 Å². The third kappa shape index (κ3) is 8.33. The van der Waals surface area contributed by atoms with Crippen LogP contribution in [0.25, 0.3) is 11.0 Å². The molecule has 1 saturated heterocycles. The van der Waals surface area contributed by atoms with Crippen molar-refractivity contribution in [3.8, 4) is 0 Å². The van der Waals surface area contributed by atoms with E-state index >= 15 is 0 Å². The van der Waals surface area contributed by atoms with Gasteiger partial charge in [-0.25, -0.2) is 0 Å². The van der Waals surface area contributed by atoms with Crippen molar-refractivity contribution in [1.29, 1.82) is 0 Å². The van der Waals surface area contributed by atoms with Gasteiger partial charge in [0, 0.05) is 49.4 Å². The van der Waals surface area contributed by atoms with Gasteiger partial charge in [0.15, 0.2) is 0 Å². The average Bonchev–Trinajstić information content (AvgIpc) is 3.60. The Labute approximate surface area is 282 Å². The summed E-state index contributed by atoms with van der Waals surface area (Å²) in [7, 11) is 0. The summed E-state index contributed by atoms with van der Waals surface area (Å²) in [6.07, 6.45) is -0.387. The number of hydrogen-bond acceptors (Lipinski definition) is 7. The van der Waals surface area contributed by atoms with Crippen LogP contribution < -0.4 is 10.6 Å². The summed E-state index contributed by atoms with van der Waals surface area (Å²) >= 11 is 0. The Morgan fingerprint density at radius 3 is 2.48 bits per heavy atom. The van der Waals surface area contributed by atoms with E-state index in [1.54, 1.807) is 0 Å². The molecule has 1 aliphatic heterocycles. The minimum Gasteiger partial charge on any atom is -0.460 e. The molecule has 6 rings (SSSR count). The summed E-state index contributed by atoms with van der Waals surface area (Å²) in [4.78, 5) is 31.8. The number of β-amino-alcohol motifs (C(OH)–C–C–N with tert-alkyl or cyclic N) is 1. The summed E-state index contributed by atoms with van der Waals surface area (Å²) in [5.74, 6) is 0.0378. The standard InChI is InChI=1S/C39H48N4O5/c1-39(2,3)41-38(47)33-25-42(24-31-21-28-14-8-10-16-35(28)48-31)17-18-43(33)23-30(44)20-29(19-26-11-5-4-6-12-26)37(46)40-36-32-15-9-7-13-27(32)22-34(36)45/h4-16,21,29-30,33-34,36,44-45H,17-20,22-25H2,1-3H3,(H,40,46)(H,41,47)/t29-,30+,33?,34?,36?/m1/s1. The van der Waals surface area contributed by atoms with E-state index in [0.717, 1.165) is 33.4 Å². The average molecular weight is 653 g/mol. The highest BCUT2D eigenvalue weighted by molar-refractivity contribution is 5.83. The van der Waals surface area contributed by atoms with Gasteiger partial charge in [0.25, 0.3) is 0 Å². The first kappa shape index (κ1) is 33.9. The lowest BCUT2D eigenvalue weighted by molar-refractivity contribution is -0.132. The quantitative estimate of drug-likeness (QED) is 0.192. The molecule has 254 valence electrons. The zero-order chi connectivity index (χ0) is 33.8. The van der Waals surface area contributed by atoms with Crippen molar-refractivity contribution in [2.24, 2.45) is 5.92 Å². The zero-order valence-electron chi connectivity index (χ0n) is 28.1. The number of nitrogens with zero attached hydrogens (tertiary/aromatic N) is 2. The highest BCUT2D eigenvalue weighted by atomic mass is 16.3. The minimum absolute atomic E-state index is 0.0866. The summed E-state index contributed by atoms with van der Waals surface area (Å²) in [6.45, 7) is 8.51. The zero-order valence-corrected chi connectivity index (χ0v) is 28.1. The molecule has 5 atom stereocenters. The van der Waals surface area contributed by atoms with Crippen LogP contribution in [0.5, 0.6) is 0 Å². The number of fused-ring (bicyclic) bond motifs is 2. The van der Waals surface area contributed by atoms with Gasteiger partial charge in [0.2, 0.25) is 11.8 Å². The molecule has 0 radical (unpaired) electrons. The molecule has 9 nitrogen and oxygen atoms in total. The van der Waals surface area contributed by atoms with Crippen LogP contribution in [-0.4, -0.2) is 81.8 Å². The second kappa shape index (κ2) is 14.6. The van der Waals surface area contributed by atoms with Crippen LogP contribution in [0.3, 0.4) is 0 Å². The second-order valence-electron chi connectivity index (χ2n) is 14.5. The normalized spacial score (nSPS) is 21.5. The Balaban J connectivity index is 1.15. The van der Waals surface area contributed by atoms with Gasteiger partial charge >= 0.3 is 0 Å². The van der Waals surface area contributed by atoms with Crippen LogP contribution in [0.1, 0.15) is 55.7 Å². The van der Waals surface area contributed by atoms with E-state index < -0.39 is 35.7 Å². The van der Waals surface area contributed by atoms with Crippen LogP contribution in [-0.2, 0) is 29.0 Å². The molecule has 1 aromatic heterocycles. The van der Waals surface area contributed by atoms with Gasteiger partial charge in [0.05, 0.1) is 24.8 Å². The highest BCUT2D eigenvalue weighted by Gasteiger charge is 2.37. The van der Waals surface area contributed by atoms with Gasteiger partial charge < -0.3 is 25.3 Å². The minimum atomic E-state index is -0.850. The Bertz CT molecular complexity index is 1670. The van der Waals surface area contributed by atoms with Crippen molar-refractivity contribution in [1.82, 2.24) is 20.4 Å². The van der Waals surface area contributed by atoms with Crippen molar-refractivity contribution in [2.45, 2.75) is 76.4 Å². The number of hydrogen-bond donors (Lipinski definition) is 4. The number of para-hydroxylation sites is 1. The molecule has 4 N–H and O–H groups in total. The summed E-state index contributed by atoms with van der Waals surface area (Å²) in [5.41, 5.74) is 3.40. The fourth-order valence-corrected chi connectivity index (χ4v) is 7.15. The van der Waals surface area contributed by atoms with E-state index in [0.29, 0.717) is 39.0 Å². The smallest absolute Gasteiger partial charge is 0.239 e. The third-order valence-electron chi connectivity index (χ3n) is 9.43. The molecule has 1 fully saturated rings. The first-order valence-corrected chi connectivity index (χ1v) is 17.1. The Kier molecular flexibility index (Phi) is 10.3. The summed E-state index contributed by atoms with van der Waals surface area (Å²) in [6, 6.07) is 26.6. The molecule has 2 amide bonds. The number of carbonyl (C=O) groups is 2. The van der Waals surface area contributed by atoms with Crippen molar-refractivity contribution in [3.05, 3.63) is 107 Å². The molecular weight excluding hydrogens is 604 g/mol.